The summed E-state index contributed by atoms with van der Waals surface area (Å²) < 4.78 is 13.4. The molecule has 0 atom stereocenters. The lowest BCUT2D eigenvalue weighted by molar-refractivity contribution is 0.0526. The molecule has 164 valence electrons. The summed E-state index contributed by atoms with van der Waals surface area (Å²) in [4.78, 5) is 19.5. The van der Waals surface area contributed by atoms with Crippen molar-refractivity contribution in [1.82, 2.24) is 14.8 Å². The number of aromatic nitrogens is 3. The highest BCUT2D eigenvalue weighted by molar-refractivity contribution is 6.05. The Morgan fingerprint density at radius 1 is 1.19 bits per heavy atom. The summed E-state index contributed by atoms with van der Waals surface area (Å²) in [5.41, 5.74) is 5.36. The van der Waals surface area contributed by atoms with E-state index in [-0.39, 0.29) is 12.1 Å². The first-order valence-electron chi connectivity index (χ1n) is 10.9. The van der Waals surface area contributed by atoms with Crippen LogP contribution in [0.2, 0.25) is 0 Å². The highest BCUT2D eigenvalue weighted by atomic mass is 16.5. The van der Waals surface area contributed by atoms with E-state index in [1.54, 1.807) is 10.9 Å². The molecule has 0 N–H and O–H groups in total. The quantitative estimate of drug-likeness (QED) is 0.576. The fourth-order valence-corrected chi connectivity index (χ4v) is 4.29. The lowest BCUT2D eigenvalue weighted by atomic mass is 10.0. The average molecular weight is 423 g/mol. The first kappa shape index (κ1) is 21.2. The van der Waals surface area contributed by atoms with E-state index in [0.29, 0.717) is 12.2 Å². The number of benzene rings is 1. The predicted molar refractivity (Wildman–Crippen MR) is 121 cm³/mol. The molecule has 0 radical (unpaired) electrons. The second-order valence-electron chi connectivity index (χ2n) is 8.22. The number of carbonyl (C=O) groups excluding carboxylic acids is 1. The molecule has 0 bridgehead atoms. The molecule has 7 nitrogen and oxygen atoms in total. The van der Waals surface area contributed by atoms with E-state index in [1.807, 2.05) is 20.9 Å². The van der Waals surface area contributed by atoms with Crippen LogP contribution in [0.15, 0.2) is 24.4 Å². The van der Waals surface area contributed by atoms with Crippen LogP contribution in [0.1, 0.15) is 46.9 Å². The lowest BCUT2D eigenvalue weighted by Gasteiger charge is -2.35. The topological polar surface area (TPSA) is 69.5 Å². The molecular weight excluding hydrogens is 392 g/mol. The predicted octanol–water partition coefficient (Wildman–Crippen LogP) is 4.12. The number of piperidine rings is 1. The van der Waals surface area contributed by atoms with Gasteiger partial charge in [-0.25, -0.2) is 9.78 Å². The molecule has 0 spiro atoms. The molecule has 0 aliphatic carbocycles. The van der Waals surface area contributed by atoms with Crippen LogP contribution in [-0.2, 0) is 11.8 Å². The normalized spacial score (nSPS) is 14.8. The third-order valence-corrected chi connectivity index (χ3v) is 5.89. The smallest absolute Gasteiger partial charge is 0.341 e. The van der Waals surface area contributed by atoms with Gasteiger partial charge < -0.3 is 14.4 Å². The molecule has 1 aliphatic rings. The zero-order valence-electron chi connectivity index (χ0n) is 18.9. The average Bonchev–Trinajstić information content (AvgIpc) is 3.04. The van der Waals surface area contributed by atoms with Crippen molar-refractivity contribution in [3.8, 4) is 5.75 Å². The van der Waals surface area contributed by atoms with Gasteiger partial charge in [0.1, 0.15) is 17.4 Å². The van der Waals surface area contributed by atoms with Crippen molar-refractivity contribution in [1.29, 1.82) is 0 Å². The second kappa shape index (κ2) is 8.57. The third kappa shape index (κ3) is 4.09. The Labute approximate surface area is 183 Å². The Morgan fingerprint density at radius 2 is 1.94 bits per heavy atom. The van der Waals surface area contributed by atoms with Gasteiger partial charge in [0.05, 0.1) is 23.4 Å². The summed E-state index contributed by atoms with van der Waals surface area (Å²) in [6.07, 6.45) is 3.52. The lowest BCUT2D eigenvalue weighted by Crippen LogP contribution is -2.39. The summed E-state index contributed by atoms with van der Waals surface area (Å²) in [6, 6.07) is 6.31. The zero-order chi connectivity index (χ0) is 22.1. The number of fused-ring (bicyclic) bond motifs is 1. The maximum absolute atomic E-state index is 12.7. The van der Waals surface area contributed by atoms with Crippen LogP contribution in [0.3, 0.4) is 0 Å². The number of carbonyl (C=O) groups is 1. The maximum atomic E-state index is 12.7. The minimum Gasteiger partial charge on any atom is -0.490 e. The molecule has 31 heavy (non-hydrogen) atoms. The van der Waals surface area contributed by atoms with Crippen molar-refractivity contribution >= 4 is 22.7 Å². The fourth-order valence-electron chi connectivity index (χ4n) is 4.29. The first-order chi connectivity index (χ1) is 14.9. The van der Waals surface area contributed by atoms with Crippen LogP contribution in [0.4, 0.5) is 5.69 Å². The van der Waals surface area contributed by atoms with E-state index < -0.39 is 0 Å². The Kier molecular flexibility index (Phi) is 5.85. The van der Waals surface area contributed by atoms with Gasteiger partial charge in [0.15, 0.2) is 5.65 Å². The molecule has 0 amide bonds. The van der Waals surface area contributed by atoms with E-state index in [9.17, 15) is 4.79 Å². The van der Waals surface area contributed by atoms with E-state index in [0.717, 1.165) is 59.7 Å². The van der Waals surface area contributed by atoms with Crippen molar-refractivity contribution in [2.24, 2.45) is 7.05 Å². The number of rotatable bonds is 5. The molecule has 7 heteroatoms. The van der Waals surface area contributed by atoms with Gasteiger partial charge in [0, 0.05) is 39.2 Å². The standard InChI is InChI=1S/C24H30N4O3/c1-6-30-24(29)19-14-25-23-21(17(4)26-27(23)5)22(19)28-11-9-18(10-12-28)31-20-13-15(2)7-8-16(20)3/h7-8,13-14,18H,6,9-12H2,1-5H3. The van der Waals surface area contributed by atoms with Gasteiger partial charge in [-0.15, -0.1) is 0 Å². The number of anilines is 1. The Morgan fingerprint density at radius 3 is 2.65 bits per heavy atom. The molecule has 0 unspecified atom stereocenters. The van der Waals surface area contributed by atoms with Crippen molar-refractivity contribution in [3.05, 3.63) is 46.8 Å². The van der Waals surface area contributed by atoms with Crippen LogP contribution in [0.5, 0.6) is 5.75 Å². The molecule has 1 aromatic carbocycles. The largest absolute Gasteiger partial charge is 0.490 e. The summed E-state index contributed by atoms with van der Waals surface area (Å²) in [5, 5.41) is 5.45. The molecule has 3 aromatic rings. The third-order valence-electron chi connectivity index (χ3n) is 5.89. The number of aryl methyl sites for hydroxylation is 4. The minimum absolute atomic E-state index is 0.148. The maximum Gasteiger partial charge on any atom is 0.341 e. The minimum atomic E-state index is -0.344. The summed E-state index contributed by atoms with van der Waals surface area (Å²) in [7, 11) is 1.88. The van der Waals surface area contributed by atoms with Crippen LogP contribution < -0.4 is 9.64 Å². The van der Waals surface area contributed by atoms with Gasteiger partial charge in [-0.2, -0.15) is 5.10 Å². The van der Waals surface area contributed by atoms with Crippen molar-refractivity contribution in [2.45, 2.75) is 46.6 Å². The second-order valence-corrected chi connectivity index (χ2v) is 8.22. The SMILES string of the molecule is CCOC(=O)c1cnc2c(c(C)nn2C)c1N1CCC(Oc2cc(C)ccc2C)CC1. The molecule has 2 aromatic heterocycles. The first-order valence-corrected chi connectivity index (χ1v) is 10.9. The molecule has 1 fully saturated rings. The Hall–Kier alpha value is -3.09. The van der Waals surface area contributed by atoms with Gasteiger partial charge in [0.25, 0.3) is 0 Å². The molecule has 3 heterocycles. The number of hydrogen-bond acceptors (Lipinski definition) is 6. The molecular formula is C24H30N4O3. The van der Waals surface area contributed by atoms with Gasteiger partial charge in [-0.3, -0.25) is 4.68 Å². The van der Waals surface area contributed by atoms with E-state index in [4.69, 9.17) is 9.47 Å². The Balaban J connectivity index is 1.61. The van der Waals surface area contributed by atoms with E-state index >= 15 is 0 Å². The molecule has 4 rings (SSSR count). The number of pyridine rings is 1. The zero-order valence-corrected chi connectivity index (χ0v) is 18.9. The van der Waals surface area contributed by atoms with E-state index in [1.165, 1.54) is 5.56 Å². The van der Waals surface area contributed by atoms with Crippen LogP contribution in [-0.4, -0.2) is 46.5 Å². The van der Waals surface area contributed by atoms with Gasteiger partial charge >= 0.3 is 5.97 Å². The van der Waals surface area contributed by atoms with Crippen LogP contribution in [0, 0.1) is 20.8 Å². The summed E-state index contributed by atoms with van der Waals surface area (Å²) in [5.74, 6) is 0.615. The van der Waals surface area contributed by atoms with Crippen molar-refractivity contribution in [2.75, 3.05) is 24.6 Å². The van der Waals surface area contributed by atoms with Crippen LogP contribution >= 0.6 is 0 Å². The highest BCUT2D eigenvalue weighted by Crippen LogP contribution is 2.35. The number of ether oxygens (including phenoxy) is 2. The van der Waals surface area contributed by atoms with Crippen molar-refractivity contribution in [3.63, 3.8) is 0 Å². The van der Waals surface area contributed by atoms with Crippen molar-refractivity contribution < 1.29 is 14.3 Å². The number of hydrogen-bond donors (Lipinski definition) is 0. The molecule has 1 aliphatic heterocycles. The summed E-state index contributed by atoms with van der Waals surface area (Å²) in [6.45, 7) is 9.83. The van der Waals surface area contributed by atoms with E-state index in [2.05, 4.69) is 47.0 Å². The fraction of sp³-hybridized carbons (Fsp3) is 0.458. The Bertz CT molecular complexity index is 1110. The number of nitrogens with zero attached hydrogens (tertiary/aromatic N) is 4. The van der Waals surface area contributed by atoms with Gasteiger partial charge in [0.2, 0.25) is 0 Å². The molecule has 1 saturated heterocycles. The van der Waals surface area contributed by atoms with Crippen LogP contribution in [0.25, 0.3) is 11.0 Å². The monoisotopic (exact) mass is 422 g/mol. The van der Waals surface area contributed by atoms with Gasteiger partial charge in [-0.1, -0.05) is 12.1 Å². The molecule has 0 saturated carbocycles. The summed E-state index contributed by atoms with van der Waals surface area (Å²) >= 11 is 0. The van der Waals surface area contributed by atoms with Gasteiger partial charge in [-0.05, 0) is 44.9 Å². The number of esters is 1. The highest BCUT2D eigenvalue weighted by Gasteiger charge is 2.28.